The molecule has 1 heterocycles. The minimum atomic E-state index is -0.516. The molecule has 0 aromatic heterocycles. The number of carbonyl (C=O) groups excluding carboxylic acids is 1. The van der Waals surface area contributed by atoms with Crippen LogP contribution >= 0.6 is 23.5 Å². The van der Waals surface area contributed by atoms with Gasteiger partial charge in [0.25, 0.3) is 0 Å². The van der Waals surface area contributed by atoms with Gasteiger partial charge in [-0.25, -0.2) is 0 Å². The first-order valence-corrected chi connectivity index (χ1v) is 12.4. The molecule has 0 saturated carbocycles. The second kappa shape index (κ2) is 7.91. The number of ether oxygens (including phenoxy) is 1. The third-order valence-corrected chi connectivity index (χ3v) is 11.2. The van der Waals surface area contributed by atoms with Crippen LogP contribution in [0.25, 0.3) is 0 Å². The Labute approximate surface area is 174 Å². The molecule has 0 bridgehead atoms. The number of hydrogen-bond acceptors (Lipinski definition) is 4. The molecule has 27 heavy (non-hydrogen) atoms. The Hall–Kier alpha value is -0.190. The number of rotatable bonds is 7. The van der Waals surface area contributed by atoms with Crippen molar-refractivity contribution in [1.82, 2.24) is 0 Å². The zero-order valence-electron chi connectivity index (χ0n) is 17.7. The summed E-state index contributed by atoms with van der Waals surface area (Å²) >= 11 is 4.33. The highest BCUT2D eigenvalue weighted by molar-refractivity contribution is 8.21. The predicted octanol–water partition coefficient (Wildman–Crippen LogP) is 6.27. The van der Waals surface area contributed by atoms with Crippen molar-refractivity contribution in [3.63, 3.8) is 0 Å². The normalized spacial score (nSPS) is 33.0. The minimum Gasteiger partial charge on any atom is -0.380 e. The summed E-state index contributed by atoms with van der Waals surface area (Å²) in [6.45, 7) is 12.9. The van der Waals surface area contributed by atoms with Gasteiger partial charge in [0.1, 0.15) is 5.78 Å². The molecule has 1 aliphatic heterocycles. The molecule has 2 aliphatic carbocycles. The largest absolute Gasteiger partial charge is 0.380 e. The monoisotopic (exact) mass is 408 g/mol. The smallest absolute Gasteiger partial charge is 0.142 e. The molecule has 0 aromatic carbocycles. The van der Waals surface area contributed by atoms with Gasteiger partial charge in [-0.3, -0.25) is 4.79 Å². The van der Waals surface area contributed by atoms with Crippen LogP contribution in [-0.4, -0.2) is 34.6 Å². The summed E-state index contributed by atoms with van der Waals surface area (Å²) in [7, 11) is 1.84. The van der Waals surface area contributed by atoms with Gasteiger partial charge >= 0.3 is 0 Å². The standard InChI is InChI=1S/C23H36O2S2/c1-7-18(24)21(4,8-2)15-19(25-6)22(5)16(3)9-10-17-11-12-23(20(17)22)26-13-14-27-23/h8,16,19H,2,7,9-15H2,1,3-6H3/t16?,19-,21-,22?/m1/s1. The van der Waals surface area contributed by atoms with Crippen LogP contribution in [0.5, 0.6) is 0 Å². The number of allylic oxidation sites excluding steroid dienone is 2. The van der Waals surface area contributed by atoms with E-state index >= 15 is 0 Å². The number of carbonyl (C=O) groups is 1. The molecule has 1 fully saturated rings. The lowest BCUT2D eigenvalue weighted by Crippen LogP contribution is -2.49. The van der Waals surface area contributed by atoms with Crippen molar-refractivity contribution in [1.29, 1.82) is 0 Å². The van der Waals surface area contributed by atoms with Crippen molar-refractivity contribution in [2.45, 2.75) is 76.4 Å². The third kappa shape index (κ3) is 3.38. The van der Waals surface area contributed by atoms with Crippen LogP contribution in [0, 0.1) is 16.7 Å². The summed E-state index contributed by atoms with van der Waals surface area (Å²) < 4.78 is 6.47. The van der Waals surface area contributed by atoms with E-state index in [-0.39, 0.29) is 21.4 Å². The SMILES string of the molecule is C=C[C@](C)(C[C@@H](OC)C1(C)C2=C(CCC1C)CCC21SCCS1)C(=O)CC. The first-order chi connectivity index (χ1) is 12.8. The van der Waals surface area contributed by atoms with Gasteiger partial charge in [-0.2, -0.15) is 0 Å². The summed E-state index contributed by atoms with van der Waals surface area (Å²) in [4.78, 5) is 12.7. The Balaban J connectivity index is 2.03. The summed E-state index contributed by atoms with van der Waals surface area (Å²) in [5, 5.41) is 0. The van der Waals surface area contributed by atoms with Gasteiger partial charge in [-0.15, -0.1) is 30.1 Å². The molecule has 152 valence electrons. The van der Waals surface area contributed by atoms with Crippen LogP contribution in [0.2, 0.25) is 0 Å². The number of fused-ring (bicyclic) bond motifs is 1. The highest BCUT2D eigenvalue weighted by Crippen LogP contribution is 2.67. The van der Waals surface area contributed by atoms with E-state index in [2.05, 4.69) is 44.0 Å². The van der Waals surface area contributed by atoms with E-state index in [1.165, 1.54) is 37.2 Å². The van der Waals surface area contributed by atoms with Gasteiger partial charge in [-0.1, -0.05) is 32.4 Å². The van der Waals surface area contributed by atoms with E-state index in [4.69, 9.17) is 4.74 Å². The van der Waals surface area contributed by atoms with Crippen LogP contribution in [0.4, 0.5) is 0 Å². The molecule has 1 saturated heterocycles. The van der Waals surface area contributed by atoms with Crippen molar-refractivity contribution < 1.29 is 9.53 Å². The van der Waals surface area contributed by atoms with Crippen molar-refractivity contribution in [2.75, 3.05) is 18.6 Å². The predicted molar refractivity (Wildman–Crippen MR) is 119 cm³/mol. The van der Waals surface area contributed by atoms with Gasteiger partial charge < -0.3 is 4.74 Å². The van der Waals surface area contributed by atoms with E-state index in [0.29, 0.717) is 12.3 Å². The fourth-order valence-corrected chi connectivity index (χ4v) is 9.34. The van der Waals surface area contributed by atoms with Crippen LogP contribution < -0.4 is 0 Å². The van der Waals surface area contributed by atoms with Gasteiger partial charge in [-0.05, 0) is 50.5 Å². The van der Waals surface area contributed by atoms with Crippen LogP contribution in [0.15, 0.2) is 23.8 Å². The molecule has 2 nitrogen and oxygen atoms in total. The Kier molecular flexibility index (Phi) is 6.31. The van der Waals surface area contributed by atoms with Gasteiger partial charge in [0, 0.05) is 35.9 Å². The number of thioether (sulfide) groups is 2. The maximum Gasteiger partial charge on any atom is 0.142 e. The maximum atomic E-state index is 12.7. The molecular formula is C23H36O2S2. The molecule has 3 rings (SSSR count). The van der Waals surface area contributed by atoms with E-state index in [9.17, 15) is 4.79 Å². The molecule has 0 aromatic rings. The Bertz CT molecular complexity index is 634. The first kappa shape index (κ1) is 21.5. The lowest BCUT2D eigenvalue weighted by molar-refractivity contribution is -0.128. The fraction of sp³-hybridized carbons (Fsp3) is 0.783. The number of hydrogen-bond donors (Lipinski definition) is 0. The summed E-state index contributed by atoms with van der Waals surface area (Å²) in [6, 6.07) is 0. The molecule has 4 atom stereocenters. The van der Waals surface area contributed by atoms with Crippen LogP contribution in [0.3, 0.4) is 0 Å². The second-order valence-corrected chi connectivity index (χ2v) is 12.0. The molecule has 3 aliphatic rings. The molecule has 0 N–H and O–H groups in total. The zero-order chi connectivity index (χ0) is 19.9. The van der Waals surface area contributed by atoms with E-state index < -0.39 is 5.41 Å². The van der Waals surface area contributed by atoms with E-state index in [1.54, 1.807) is 11.1 Å². The Morgan fingerprint density at radius 1 is 1.41 bits per heavy atom. The van der Waals surface area contributed by atoms with Crippen molar-refractivity contribution >= 4 is 29.3 Å². The lowest BCUT2D eigenvalue weighted by Gasteiger charge is -2.51. The van der Waals surface area contributed by atoms with Crippen molar-refractivity contribution in [3.8, 4) is 0 Å². The molecular weight excluding hydrogens is 372 g/mol. The Morgan fingerprint density at radius 3 is 2.63 bits per heavy atom. The molecule has 0 radical (unpaired) electrons. The highest BCUT2D eigenvalue weighted by atomic mass is 32.2. The lowest BCUT2D eigenvalue weighted by atomic mass is 9.59. The average molecular weight is 409 g/mol. The van der Waals surface area contributed by atoms with Crippen LogP contribution in [0.1, 0.15) is 66.2 Å². The summed E-state index contributed by atoms with van der Waals surface area (Å²) in [6.07, 6.45) is 8.18. The highest BCUT2D eigenvalue weighted by Gasteiger charge is 2.58. The minimum absolute atomic E-state index is 0.0124. The van der Waals surface area contributed by atoms with Gasteiger partial charge in [0.05, 0.1) is 10.2 Å². The summed E-state index contributed by atoms with van der Waals surface area (Å²) in [5.41, 5.74) is 2.85. The van der Waals surface area contributed by atoms with E-state index in [1.807, 2.05) is 27.0 Å². The fourth-order valence-electron chi connectivity index (χ4n) is 5.67. The molecule has 2 unspecified atom stereocenters. The molecule has 4 heteroatoms. The number of Topliss-reactive ketones (excluding diaryl/α,β-unsaturated/α-hetero) is 1. The van der Waals surface area contributed by atoms with Crippen molar-refractivity contribution in [2.24, 2.45) is 16.7 Å². The topological polar surface area (TPSA) is 26.3 Å². The van der Waals surface area contributed by atoms with Gasteiger partial charge in [0.2, 0.25) is 0 Å². The van der Waals surface area contributed by atoms with Gasteiger partial charge in [0.15, 0.2) is 0 Å². The summed E-state index contributed by atoms with van der Waals surface area (Å²) in [5.74, 6) is 3.33. The molecule has 0 amide bonds. The van der Waals surface area contributed by atoms with E-state index in [0.717, 1.165) is 6.42 Å². The Morgan fingerprint density at radius 2 is 2.07 bits per heavy atom. The zero-order valence-corrected chi connectivity index (χ0v) is 19.4. The quantitative estimate of drug-likeness (QED) is 0.464. The second-order valence-electron chi connectivity index (χ2n) is 8.98. The number of methoxy groups -OCH3 is 1. The molecule has 1 spiro atoms. The maximum absolute atomic E-state index is 12.7. The average Bonchev–Trinajstić information content (AvgIpc) is 3.30. The first-order valence-electron chi connectivity index (χ1n) is 10.5. The van der Waals surface area contributed by atoms with Crippen LogP contribution in [-0.2, 0) is 9.53 Å². The number of ketones is 1. The van der Waals surface area contributed by atoms with Crippen molar-refractivity contribution in [3.05, 3.63) is 23.8 Å². The third-order valence-electron chi connectivity index (χ3n) is 7.66.